The molecule has 0 saturated carbocycles. The Morgan fingerprint density at radius 1 is 1.30 bits per heavy atom. The number of carbonyl (C=O) groups is 1. The van der Waals surface area contributed by atoms with Crippen LogP contribution in [0.3, 0.4) is 0 Å². The minimum Gasteiger partial charge on any atom is -0.369 e. The number of hydrogen-bond donors (Lipinski definition) is 2. The molecule has 4 heteroatoms. The van der Waals surface area contributed by atoms with Crippen molar-refractivity contribution in [1.29, 1.82) is 0 Å². The molecule has 0 aromatic heterocycles. The number of nitrogens with one attached hydrogen (secondary N) is 2. The van der Waals surface area contributed by atoms with Crippen LogP contribution in [0.25, 0.3) is 0 Å². The molecule has 1 aromatic carbocycles. The lowest BCUT2D eigenvalue weighted by molar-refractivity contribution is -0.125. The van der Waals surface area contributed by atoms with Crippen molar-refractivity contribution in [3.8, 4) is 0 Å². The van der Waals surface area contributed by atoms with Gasteiger partial charge in [0.2, 0.25) is 5.91 Å². The molecular formula is C16H23N3O. The molecular weight excluding hydrogens is 250 g/mol. The fourth-order valence-electron chi connectivity index (χ4n) is 3.18. The summed E-state index contributed by atoms with van der Waals surface area (Å²) in [5.41, 5.74) is 2.76. The molecule has 0 spiro atoms. The zero-order chi connectivity index (χ0) is 13.8. The number of piperidine rings is 1. The number of carbonyl (C=O) groups excluding carboxylic acids is 1. The number of anilines is 1. The number of benzene rings is 1. The molecule has 20 heavy (non-hydrogen) atoms. The molecule has 1 fully saturated rings. The normalized spacial score (nSPS) is 18.9. The molecule has 0 radical (unpaired) electrons. The summed E-state index contributed by atoms with van der Waals surface area (Å²) in [6, 6.07) is 8.56. The zero-order valence-corrected chi connectivity index (χ0v) is 11.9. The molecule has 3 rings (SSSR count). The molecule has 0 aliphatic carbocycles. The van der Waals surface area contributed by atoms with Crippen molar-refractivity contribution < 1.29 is 4.79 Å². The largest absolute Gasteiger partial charge is 0.369 e. The van der Waals surface area contributed by atoms with Crippen molar-refractivity contribution in [3.63, 3.8) is 0 Å². The monoisotopic (exact) mass is 273 g/mol. The second-order valence-electron chi connectivity index (χ2n) is 5.68. The molecule has 2 heterocycles. The summed E-state index contributed by atoms with van der Waals surface area (Å²) < 4.78 is 0. The third-order valence-corrected chi connectivity index (χ3v) is 4.37. The van der Waals surface area contributed by atoms with Gasteiger partial charge in [0, 0.05) is 31.2 Å². The van der Waals surface area contributed by atoms with E-state index in [0.29, 0.717) is 0 Å². The van der Waals surface area contributed by atoms with Crippen molar-refractivity contribution >= 4 is 11.6 Å². The summed E-state index contributed by atoms with van der Waals surface area (Å²) in [6.45, 7) is 4.67. The lowest BCUT2D eigenvalue weighted by Gasteiger charge is -2.23. The quantitative estimate of drug-likeness (QED) is 0.865. The van der Waals surface area contributed by atoms with E-state index in [1.54, 1.807) is 0 Å². The first-order chi connectivity index (χ1) is 9.84. The standard InChI is InChI=1S/C16H23N3O/c20-16(14-5-8-17-9-6-14)18-10-12-19-11-7-13-3-1-2-4-15(13)19/h1-4,14,17H,5-12H2,(H,18,20). The van der Waals surface area contributed by atoms with E-state index in [1.165, 1.54) is 11.3 Å². The van der Waals surface area contributed by atoms with Crippen LogP contribution in [0.5, 0.6) is 0 Å². The number of nitrogens with zero attached hydrogens (tertiary/aromatic N) is 1. The third kappa shape index (κ3) is 2.96. The van der Waals surface area contributed by atoms with E-state index in [0.717, 1.165) is 52.0 Å². The highest BCUT2D eigenvalue weighted by Crippen LogP contribution is 2.26. The van der Waals surface area contributed by atoms with Crippen LogP contribution >= 0.6 is 0 Å². The van der Waals surface area contributed by atoms with Crippen LogP contribution in [0.1, 0.15) is 18.4 Å². The summed E-state index contributed by atoms with van der Waals surface area (Å²) in [4.78, 5) is 14.4. The van der Waals surface area contributed by atoms with Gasteiger partial charge in [-0.05, 0) is 44.0 Å². The van der Waals surface area contributed by atoms with Crippen LogP contribution in [0, 0.1) is 5.92 Å². The van der Waals surface area contributed by atoms with Crippen molar-refractivity contribution in [2.45, 2.75) is 19.3 Å². The van der Waals surface area contributed by atoms with Gasteiger partial charge in [-0.3, -0.25) is 4.79 Å². The summed E-state index contributed by atoms with van der Waals surface area (Å²) >= 11 is 0. The van der Waals surface area contributed by atoms with Crippen LogP contribution < -0.4 is 15.5 Å². The predicted molar refractivity (Wildman–Crippen MR) is 81.0 cm³/mol. The Kier molecular flexibility index (Phi) is 4.21. The minimum atomic E-state index is 0.210. The molecule has 108 valence electrons. The Morgan fingerprint density at radius 3 is 2.95 bits per heavy atom. The lowest BCUT2D eigenvalue weighted by atomic mass is 9.97. The first-order valence-corrected chi connectivity index (χ1v) is 7.66. The first kappa shape index (κ1) is 13.4. The number of hydrogen-bond acceptors (Lipinski definition) is 3. The van der Waals surface area contributed by atoms with Crippen LogP contribution in [0.4, 0.5) is 5.69 Å². The number of rotatable bonds is 4. The third-order valence-electron chi connectivity index (χ3n) is 4.37. The van der Waals surface area contributed by atoms with Gasteiger partial charge in [0.25, 0.3) is 0 Å². The minimum absolute atomic E-state index is 0.210. The highest BCUT2D eigenvalue weighted by molar-refractivity contribution is 5.78. The summed E-state index contributed by atoms with van der Waals surface area (Å²) in [7, 11) is 0. The van der Waals surface area contributed by atoms with Gasteiger partial charge in [0.1, 0.15) is 0 Å². The van der Waals surface area contributed by atoms with E-state index >= 15 is 0 Å². The maximum atomic E-state index is 12.1. The fourth-order valence-corrected chi connectivity index (χ4v) is 3.18. The average Bonchev–Trinajstić information content (AvgIpc) is 2.92. The number of amides is 1. The van der Waals surface area contributed by atoms with E-state index in [-0.39, 0.29) is 11.8 Å². The van der Waals surface area contributed by atoms with E-state index in [2.05, 4.69) is 39.8 Å². The van der Waals surface area contributed by atoms with Crippen molar-refractivity contribution in [2.24, 2.45) is 5.92 Å². The molecule has 2 aliphatic rings. The van der Waals surface area contributed by atoms with Gasteiger partial charge >= 0.3 is 0 Å². The second-order valence-corrected chi connectivity index (χ2v) is 5.68. The molecule has 0 atom stereocenters. The first-order valence-electron chi connectivity index (χ1n) is 7.66. The van der Waals surface area contributed by atoms with Crippen LogP contribution in [0.2, 0.25) is 0 Å². The SMILES string of the molecule is O=C(NCCN1CCc2ccccc21)C1CCNCC1. The smallest absolute Gasteiger partial charge is 0.223 e. The molecule has 2 aliphatic heterocycles. The van der Waals surface area contributed by atoms with Crippen LogP contribution in [0.15, 0.2) is 24.3 Å². The highest BCUT2D eigenvalue weighted by atomic mass is 16.1. The van der Waals surface area contributed by atoms with Gasteiger partial charge < -0.3 is 15.5 Å². The lowest BCUT2D eigenvalue weighted by Crippen LogP contribution is -2.41. The molecule has 0 unspecified atom stereocenters. The van der Waals surface area contributed by atoms with E-state index in [4.69, 9.17) is 0 Å². The Labute approximate surface area is 120 Å². The van der Waals surface area contributed by atoms with Crippen LogP contribution in [-0.2, 0) is 11.2 Å². The maximum Gasteiger partial charge on any atom is 0.223 e. The van der Waals surface area contributed by atoms with Crippen molar-refractivity contribution in [1.82, 2.24) is 10.6 Å². The maximum absolute atomic E-state index is 12.1. The molecule has 1 amide bonds. The summed E-state index contributed by atoms with van der Waals surface area (Å²) in [5, 5.41) is 6.39. The predicted octanol–water partition coefficient (Wildman–Crippen LogP) is 1.16. The molecule has 1 aromatic rings. The highest BCUT2D eigenvalue weighted by Gasteiger charge is 2.21. The van der Waals surface area contributed by atoms with Gasteiger partial charge in [-0.25, -0.2) is 0 Å². The number of para-hydroxylation sites is 1. The zero-order valence-electron chi connectivity index (χ0n) is 11.9. The van der Waals surface area contributed by atoms with Crippen LogP contribution in [-0.4, -0.2) is 38.6 Å². The van der Waals surface area contributed by atoms with Crippen molar-refractivity contribution in [2.75, 3.05) is 37.6 Å². The summed E-state index contributed by atoms with van der Waals surface area (Å²) in [5.74, 6) is 0.445. The van der Waals surface area contributed by atoms with E-state index < -0.39 is 0 Å². The van der Waals surface area contributed by atoms with Gasteiger partial charge in [-0.2, -0.15) is 0 Å². The van der Waals surface area contributed by atoms with Gasteiger partial charge in [0.15, 0.2) is 0 Å². The summed E-state index contributed by atoms with van der Waals surface area (Å²) in [6.07, 6.45) is 3.06. The fraction of sp³-hybridized carbons (Fsp3) is 0.562. The molecule has 2 N–H and O–H groups in total. The Morgan fingerprint density at radius 2 is 2.10 bits per heavy atom. The second kappa shape index (κ2) is 6.27. The van der Waals surface area contributed by atoms with Gasteiger partial charge in [-0.15, -0.1) is 0 Å². The molecule has 4 nitrogen and oxygen atoms in total. The number of fused-ring (bicyclic) bond motifs is 1. The Balaban J connectivity index is 1.45. The topological polar surface area (TPSA) is 44.4 Å². The Hall–Kier alpha value is -1.55. The molecule has 1 saturated heterocycles. The molecule has 0 bridgehead atoms. The van der Waals surface area contributed by atoms with Crippen molar-refractivity contribution in [3.05, 3.63) is 29.8 Å². The van der Waals surface area contributed by atoms with E-state index in [1.807, 2.05) is 0 Å². The van der Waals surface area contributed by atoms with Gasteiger partial charge in [0.05, 0.1) is 0 Å². The average molecular weight is 273 g/mol. The Bertz CT molecular complexity index is 469. The van der Waals surface area contributed by atoms with Gasteiger partial charge in [-0.1, -0.05) is 18.2 Å². The van der Waals surface area contributed by atoms with E-state index in [9.17, 15) is 4.79 Å².